The van der Waals surface area contributed by atoms with Crippen LogP contribution in [0.3, 0.4) is 0 Å². The predicted octanol–water partition coefficient (Wildman–Crippen LogP) is 1.07. The molecule has 0 aliphatic carbocycles. The Morgan fingerprint density at radius 3 is 2.67 bits per heavy atom. The molecule has 0 bridgehead atoms. The molecule has 0 saturated carbocycles. The van der Waals surface area contributed by atoms with Crippen LogP contribution in [0.25, 0.3) is 0 Å². The third kappa shape index (κ3) is 4.37. The van der Waals surface area contributed by atoms with E-state index in [1.165, 1.54) is 0 Å². The average molecular weight is 317 g/mol. The van der Waals surface area contributed by atoms with Crippen molar-refractivity contribution in [3.8, 4) is 0 Å². The molecule has 15 heavy (non-hydrogen) atoms. The van der Waals surface area contributed by atoms with Crippen molar-refractivity contribution < 1.29 is 35.7 Å². The molecule has 0 aromatic rings. The Balaban J connectivity index is 2.70. The van der Waals surface area contributed by atoms with Gasteiger partial charge >= 0.3 is 98.7 Å². The molecular weight excluding hydrogens is 299 g/mol. The van der Waals surface area contributed by atoms with Crippen LogP contribution in [0.4, 0.5) is 0 Å². The molecule has 0 radical (unpaired) electrons. The summed E-state index contributed by atoms with van der Waals surface area (Å²) < 4.78 is 11.7. The Bertz CT molecular complexity index is 294. The molecule has 7 heteroatoms. The van der Waals surface area contributed by atoms with Crippen molar-refractivity contribution in [3.05, 3.63) is 12.4 Å². The van der Waals surface area contributed by atoms with Crippen LogP contribution in [0.2, 0.25) is 0 Å². The van der Waals surface area contributed by atoms with Crippen molar-refractivity contribution in [3.63, 3.8) is 0 Å². The fraction of sp³-hybridized carbons (Fsp3) is 0.750. The fourth-order valence-corrected chi connectivity index (χ4v) is 7.60. The normalized spacial score (nSPS) is 26.3. The van der Waals surface area contributed by atoms with Crippen molar-refractivity contribution in [2.75, 3.05) is 20.3 Å². The summed E-state index contributed by atoms with van der Waals surface area (Å²) in [6.45, 7) is 3.66. The monoisotopic (exact) mass is 319 g/mol. The van der Waals surface area contributed by atoms with Gasteiger partial charge < -0.3 is 0 Å². The number of rotatable bonds is 5. The Kier molecular flexibility index (Phi) is 4.57. The van der Waals surface area contributed by atoms with Crippen molar-refractivity contribution in [2.24, 2.45) is 0 Å². The first-order valence-corrected chi connectivity index (χ1v) is 10.0. The van der Waals surface area contributed by atoms with Crippen molar-refractivity contribution >= 4 is 5.69 Å². The summed E-state index contributed by atoms with van der Waals surface area (Å²) in [4.78, 5) is 20.3. The molecule has 1 rings (SSSR count). The van der Waals surface area contributed by atoms with Crippen molar-refractivity contribution in [1.82, 2.24) is 4.90 Å². The van der Waals surface area contributed by atoms with Gasteiger partial charge in [0.1, 0.15) is 0 Å². The first-order chi connectivity index (χ1) is 6.87. The molecule has 0 aromatic carbocycles. The first kappa shape index (κ1) is 13.4. The summed E-state index contributed by atoms with van der Waals surface area (Å²) in [5.74, 6) is 0. The molecule has 1 aliphatic rings. The van der Waals surface area contributed by atoms with E-state index in [4.69, 9.17) is 9.79 Å². The third-order valence-corrected chi connectivity index (χ3v) is 7.75. The number of unbranched alkanes of at least 4 members (excludes halogenated alkanes) is 1. The standard InChI is InChI=1S/C8H16N2.Mo.HO3P/c1-3-4-5-10-7-6-9(2)8-10;;1-4(2)3/h6-7H,3-5,8H2,1-2H3;;(H-,1,2,3)/p+1. The van der Waals surface area contributed by atoms with Crippen LogP contribution in [0.15, 0.2) is 12.4 Å². The summed E-state index contributed by atoms with van der Waals surface area (Å²) in [6.07, 6.45) is 5.96. The summed E-state index contributed by atoms with van der Waals surface area (Å²) in [7, 11) is 1.94. The Hall–Kier alpha value is 0.338. The Morgan fingerprint density at radius 1 is 1.60 bits per heavy atom. The molecular formula is C8H18MoN2O3P+. The minimum atomic E-state index is -3.82. The van der Waals surface area contributed by atoms with E-state index in [1.54, 1.807) is 0 Å². The number of nitrogens with zero attached hydrogens (tertiary/aromatic N) is 2. The zero-order valence-corrected chi connectivity index (χ0v) is 11.9. The summed E-state index contributed by atoms with van der Waals surface area (Å²) in [5.41, 5.74) is -3.82. The van der Waals surface area contributed by atoms with E-state index >= 15 is 0 Å². The topological polar surface area (TPSA) is 60.8 Å². The van der Waals surface area contributed by atoms with Gasteiger partial charge in [-0.3, -0.25) is 0 Å². The number of hydrogen-bond acceptors (Lipinski definition) is 2. The maximum absolute atomic E-state index is 11.1. The molecule has 1 heterocycles. The fourth-order valence-electron chi connectivity index (χ4n) is 1.58. The molecule has 88 valence electrons. The quantitative estimate of drug-likeness (QED) is 0.588. The first-order valence-electron chi connectivity index (χ1n) is 4.90. The minimum absolute atomic E-state index is 0.514. The predicted molar refractivity (Wildman–Crippen MR) is 53.8 cm³/mol. The van der Waals surface area contributed by atoms with Gasteiger partial charge in [0.15, 0.2) is 0 Å². The van der Waals surface area contributed by atoms with E-state index in [2.05, 4.69) is 6.92 Å². The van der Waals surface area contributed by atoms with E-state index in [9.17, 15) is 4.57 Å². The second kappa shape index (κ2) is 5.11. The molecule has 0 aromatic heterocycles. The van der Waals surface area contributed by atoms with E-state index in [1.807, 2.05) is 24.3 Å². The summed E-state index contributed by atoms with van der Waals surface area (Å²) >= 11 is -1.37. The molecule has 1 unspecified atom stereocenters. The van der Waals surface area contributed by atoms with Gasteiger partial charge in [-0.05, 0) is 0 Å². The van der Waals surface area contributed by atoms with Gasteiger partial charge in [0.05, 0.1) is 0 Å². The van der Waals surface area contributed by atoms with Gasteiger partial charge in [0.25, 0.3) is 0 Å². The third-order valence-electron chi connectivity index (χ3n) is 2.21. The second-order valence-electron chi connectivity index (χ2n) is 3.80. The van der Waals surface area contributed by atoms with E-state index in [-0.39, 0.29) is 0 Å². The number of quaternary nitrogens is 1. The SMILES string of the molecule is CCCC[N+]1([Mo][P](=O)(O)O)C=CN(C)C1. The van der Waals surface area contributed by atoms with Crippen LogP contribution in [0, 0.1) is 0 Å². The number of hydrogen-bond donors (Lipinski definition) is 2. The summed E-state index contributed by atoms with van der Waals surface area (Å²) in [5, 5.41) is 0. The van der Waals surface area contributed by atoms with Gasteiger partial charge in [-0.15, -0.1) is 0 Å². The molecule has 1 aliphatic heterocycles. The van der Waals surface area contributed by atoms with Crippen LogP contribution in [-0.4, -0.2) is 38.0 Å². The average Bonchev–Trinajstić information content (AvgIpc) is 2.41. The molecule has 0 amide bonds. The van der Waals surface area contributed by atoms with Crippen molar-refractivity contribution in [2.45, 2.75) is 19.8 Å². The maximum atomic E-state index is 11.1. The van der Waals surface area contributed by atoms with Gasteiger partial charge in [-0.2, -0.15) is 0 Å². The van der Waals surface area contributed by atoms with Crippen LogP contribution < -0.4 is 0 Å². The molecule has 0 spiro atoms. The van der Waals surface area contributed by atoms with Crippen LogP contribution in [0.1, 0.15) is 19.8 Å². The van der Waals surface area contributed by atoms with Gasteiger partial charge in [-0.1, -0.05) is 0 Å². The van der Waals surface area contributed by atoms with Crippen LogP contribution in [0.5, 0.6) is 0 Å². The van der Waals surface area contributed by atoms with Gasteiger partial charge in [-0.25, -0.2) is 0 Å². The zero-order valence-electron chi connectivity index (χ0n) is 9.04. The van der Waals surface area contributed by atoms with E-state index in [0.717, 1.165) is 19.4 Å². The molecule has 5 nitrogen and oxygen atoms in total. The van der Waals surface area contributed by atoms with Gasteiger partial charge in [0, 0.05) is 0 Å². The Morgan fingerprint density at radius 2 is 2.27 bits per heavy atom. The molecule has 0 fully saturated rings. The van der Waals surface area contributed by atoms with Gasteiger partial charge in [0.2, 0.25) is 0 Å². The molecule has 2 N–H and O–H groups in total. The van der Waals surface area contributed by atoms with Crippen LogP contribution in [-0.2, 0) is 22.9 Å². The second-order valence-corrected chi connectivity index (χ2v) is 11.4. The van der Waals surface area contributed by atoms with E-state index in [0.29, 0.717) is 9.71 Å². The molecule has 1 atom stereocenters. The zero-order chi connectivity index (χ0) is 11.5. The Labute approximate surface area is 98.8 Å². The van der Waals surface area contributed by atoms with Crippen LogP contribution >= 0.6 is 5.69 Å². The van der Waals surface area contributed by atoms with E-state index < -0.39 is 24.0 Å². The summed E-state index contributed by atoms with van der Waals surface area (Å²) in [6, 6.07) is 0. The van der Waals surface area contributed by atoms with Crippen molar-refractivity contribution in [1.29, 1.82) is 0 Å². The molecule has 0 saturated heterocycles.